The first-order valence-corrected chi connectivity index (χ1v) is 8.60. The van der Waals surface area contributed by atoms with E-state index in [9.17, 15) is 5.11 Å². The predicted molar refractivity (Wildman–Crippen MR) is 78.7 cm³/mol. The van der Waals surface area contributed by atoms with Crippen LogP contribution in [0.3, 0.4) is 0 Å². The summed E-state index contributed by atoms with van der Waals surface area (Å²) in [5.41, 5.74) is -0.247. The minimum absolute atomic E-state index is 0.0766. The van der Waals surface area contributed by atoms with Crippen molar-refractivity contribution in [3.63, 3.8) is 0 Å². The lowest BCUT2D eigenvalue weighted by molar-refractivity contribution is -0.187. The van der Waals surface area contributed by atoms with Crippen molar-refractivity contribution < 1.29 is 14.6 Å². The minimum Gasteiger partial charge on any atom is -0.390 e. The number of ether oxygens (including phenoxy) is 2. The highest BCUT2D eigenvalue weighted by Crippen LogP contribution is 2.44. The second-order valence-corrected chi connectivity index (χ2v) is 7.41. The average Bonchev–Trinajstić information content (AvgIpc) is 2.48. The molecule has 116 valence electrons. The van der Waals surface area contributed by atoms with Crippen LogP contribution >= 0.6 is 0 Å². The molecule has 0 aromatic rings. The van der Waals surface area contributed by atoms with Gasteiger partial charge >= 0.3 is 0 Å². The molecule has 0 aromatic heterocycles. The van der Waals surface area contributed by atoms with Gasteiger partial charge in [0.05, 0.1) is 17.3 Å². The fourth-order valence-electron chi connectivity index (χ4n) is 4.57. The summed E-state index contributed by atoms with van der Waals surface area (Å²) < 4.78 is 12.1. The van der Waals surface area contributed by atoms with Crippen LogP contribution in [0, 0.1) is 5.92 Å². The van der Waals surface area contributed by atoms with Gasteiger partial charge in [-0.2, -0.15) is 0 Å². The third-order valence-electron chi connectivity index (χ3n) is 5.87. The Balaban J connectivity index is 1.66. The number of hydrogen-bond donors (Lipinski definition) is 1. The molecule has 3 heteroatoms. The zero-order valence-electron chi connectivity index (χ0n) is 12.9. The van der Waals surface area contributed by atoms with Gasteiger partial charge in [0.1, 0.15) is 0 Å². The van der Waals surface area contributed by atoms with Crippen LogP contribution < -0.4 is 0 Å². The van der Waals surface area contributed by atoms with Crippen LogP contribution in [-0.4, -0.2) is 35.6 Å². The smallest absolute Gasteiger partial charge is 0.0914 e. The fourth-order valence-corrected chi connectivity index (χ4v) is 4.57. The Hall–Kier alpha value is -0.120. The van der Waals surface area contributed by atoms with E-state index in [2.05, 4.69) is 6.92 Å². The van der Waals surface area contributed by atoms with Crippen LogP contribution in [0.1, 0.15) is 71.1 Å². The zero-order valence-corrected chi connectivity index (χ0v) is 12.9. The van der Waals surface area contributed by atoms with E-state index in [1.165, 1.54) is 38.5 Å². The standard InChI is InChI=1S/C17H30O3/c1-16(8-5-6-11-19-16)15(18)14-7-12-20-17(13-14)9-3-2-4-10-17/h14-15,18H,2-13H2,1H3. The summed E-state index contributed by atoms with van der Waals surface area (Å²) in [4.78, 5) is 0. The van der Waals surface area contributed by atoms with E-state index in [0.29, 0.717) is 5.92 Å². The van der Waals surface area contributed by atoms with Crippen LogP contribution in [0.5, 0.6) is 0 Å². The molecule has 3 fully saturated rings. The normalized spacial score (nSPS) is 39.6. The van der Waals surface area contributed by atoms with Gasteiger partial charge in [-0.25, -0.2) is 0 Å². The summed E-state index contributed by atoms with van der Waals surface area (Å²) in [6.45, 7) is 3.74. The third-order valence-corrected chi connectivity index (χ3v) is 5.87. The van der Waals surface area contributed by atoms with Crippen LogP contribution in [0.2, 0.25) is 0 Å². The lowest BCUT2D eigenvalue weighted by Crippen LogP contribution is -2.52. The van der Waals surface area contributed by atoms with Crippen molar-refractivity contribution >= 4 is 0 Å². The Bertz CT molecular complexity index is 297. The molecule has 2 aliphatic heterocycles. The van der Waals surface area contributed by atoms with Gasteiger partial charge in [0.15, 0.2) is 0 Å². The molecule has 2 saturated heterocycles. The largest absolute Gasteiger partial charge is 0.390 e. The number of rotatable bonds is 2. The average molecular weight is 282 g/mol. The van der Waals surface area contributed by atoms with Crippen molar-refractivity contribution in [1.29, 1.82) is 0 Å². The van der Waals surface area contributed by atoms with Gasteiger partial charge in [0, 0.05) is 13.2 Å². The van der Waals surface area contributed by atoms with Gasteiger partial charge in [-0.05, 0) is 57.8 Å². The Kier molecular flexibility index (Phi) is 4.40. The molecule has 1 aliphatic carbocycles. The van der Waals surface area contributed by atoms with Crippen molar-refractivity contribution in [2.45, 2.75) is 88.4 Å². The first-order valence-electron chi connectivity index (χ1n) is 8.60. The molecule has 0 bridgehead atoms. The highest BCUT2D eigenvalue weighted by atomic mass is 16.5. The molecule has 3 nitrogen and oxygen atoms in total. The molecule has 3 aliphatic rings. The number of hydrogen-bond acceptors (Lipinski definition) is 3. The zero-order chi connectivity index (χ0) is 14.1. The van der Waals surface area contributed by atoms with E-state index in [1.54, 1.807) is 0 Å². The second-order valence-electron chi connectivity index (χ2n) is 7.41. The molecule has 1 N–H and O–H groups in total. The SMILES string of the molecule is CC1(C(O)C2CCOC3(CCCCC3)C2)CCCCO1. The summed E-state index contributed by atoms with van der Waals surface area (Å²) in [6.07, 6.45) is 11.3. The molecule has 3 rings (SSSR count). The quantitative estimate of drug-likeness (QED) is 0.843. The van der Waals surface area contributed by atoms with Crippen molar-refractivity contribution in [2.75, 3.05) is 13.2 Å². The Labute approximate surface area is 123 Å². The Morgan fingerprint density at radius 1 is 0.950 bits per heavy atom. The summed E-state index contributed by atoms with van der Waals surface area (Å²) in [7, 11) is 0. The van der Waals surface area contributed by atoms with Gasteiger partial charge in [0.2, 0.25) is 0 Å². The fraction of sp³-hybridized carbons (Fsp3) is 1.00. The van der Waals surface area contributed by atoms with E-state index >= 15 is 0 Å². The number of aliphatic hydroxyl groups is 1. The maximum absolute atomic E-state index is 10.9. The van der Waals surface area contributed by atoms with Gasteiger partial charge in [0.25, 0.3) is 0 Å². The predicted octanol–water partition coefficient (Wildman–Crippen LogP) is 3.44. The molecule has 3 unspecified atom stereocenters. The first-order chi connectivity index (χ1) is 9.64. The molecule has 0 aromatic carbocycles. The van der Waals surface area contributed by atoms with Gasteiger partial charge in [-0.15, -0.1) is 0 Å². The lowest BCUT2D eigenvalue weighted by atomic mass is 9.71. The summed E-state index contributed by atoms with van der Waals surface area (Å²) >= 11 is 0. The van der Waals surface area contributed by atoms with Crippen molar-refractivity contribution in [3.8, 4) is 0 Å². The topological polar surface area (TPSA) is 38.7 Å². The van der Waals surface area contributed by atoms with E-state index < -0.39 is 0 Å². The van der Waals surface area contributed by atoms with Crippen LogP contribution in [0.15, 0.2) is 0 Å². The summed E-state index contributed by atoms with van der Waals surface area (Å²) in [5, 5.41) is 10.9. The van der Waals surface area contributed by atoms with Crippen LogP contribution in [-0.2, 0) is 9.47 Å². The van der Waals surface area contributed by atoms with Crippen LogP contribution in [0.4, 0.5) is 0 Å². The summed E-state index contributed by atoms with van der Waals surface area (Å²) in [6, 6.07) is 0. The Morgan fingerprint density at radius 3 is 2.40 bits per heavy atom. The van der Waals surface area contributed by atoms with E-state index in [4.69, 9.17) is 9.47 Å². The highest BCUT2D eigenvalue weighted by Gasteiger charge is 2.46. The minimum atomic E-state index is -0.328. The van der Waals surface area contributed by atoms with E-state index in [-0.39, 0.29) is 17.3 Å². The van der Waals surface area contributed by atoms with E-state index in [1.807, 2.05) is 0 Å². The summed E-state index contributed by atoms with van der Waals surface area (Å²) in [5.74, 6) is 0.352. The van der Waals surface area contributed by atoms with Crippen molar-refractivity contribution in [1.82, 2.24) is 0 Å². The van der Waals surface area contributed by atoms with Gasteiger partial charge in [-0.1, -0.05) is 19.3 Å². The molecule has 3 atom stereocenters. The van der Waals surface area contributed by atoms with Crippen LogP contribution in [0.25, 0.3) is 0 Å². The second kappa shape index (κ2) is 5.94. The third kappa shape index (κ3) is 2.90. The van der Waals surface area contributed by atoms with Gasteiger partial charge < -0.3 is 14.6 Å². The van der Waals surface area contributed by atoms with Crippen molar-refractivity contribution in [3.05, 3.63) is 0 Å². The van der Waals surface area contributed by atoms with E-state index in [0.717, 1.165) is 38.9 Å². The molecular formula is C17H30O3. The van der Waals surface area contributed by atoms with Gasteiger partial charge in [-0.3, -0.25) is 0 Å². The molecule has 0 amide bonds. The highest BCUT2D eigenvalue weighted by molar-refractivity contribution is 4.97. The molecular weight excluding hydrogens is 252 g/mol. The molecule has 20 heavy (non-hydrogen) atoms. The number of aliphatic hydroxyl groups excluding tert-OH is 1. The maximum atomic E-state index is 10.9. The van der Waals surface area contributed by atoms with Crippen molar-refractivity contribution in [2.24, 2.45) is 5.92 Å². The first kappa shape index (κ1) is 14.8. The molecule has 0 radical (unpaired) electrons. The Morgan fingerprint density at radius 2 is 1.70 bits per heavy atom. The molecule has 1 saturated carbocycles. The molecule has 2 heterocycles. The molecule has 1 spiro atoms. The maximum Gasteiger partial charge on any atom is 0.0914 e. The monoisotopic (exact) mass is 282 g/mol. The lowest BCUT2D eigenvalue weighted by Gasteiger charge is -2.48.